The molecule has 0 spiro atoms. The predicted molar refractivity (Wildman–Crippen MR) is 83.4 cm³/mol. The molecular weight excluding hydrogens is 320 g/mol. The molecule has 2 aromatic rings. The highest BCUT2D eigenvalue weighted by atomic mass is 79.9. The summed E-state index contributed by atoms with van der Waals surface area (Å²) in [6.45, 7) is 1.38. The summed E-state index contributed by atoms with van der Waals surface area (Å²) in [6, 6.07) is 7.82. The average Bonchev–Trinajstić information content (AvgIpc) is 2.49. The van der Waals surface area contributed by atoms with Crippen LogP contribution in [-0.2, 0) is 0 Å². The Morgan fingerprint density at radius 1 is 1.30 bits per heavy atom. The van der Waals surface area contributed by atoms with Crippen molar-refractivity contribution in [1.29, 1.82) is 0 Å². The third-order valence-electron chi connectivity index (χ3n) is 2.80. The molecule has 0 saturated heterocycles. The number of benzene rings is 1. The first-order chi connectivity index (χ1) is 9.74. The summed E-state index contributed by atoms with van der Waals surface area (Å²) in [7, 11) is 1.65. The molecule has 0 atom stereocenters. The van der Waals surface area contributed by atoms with Crippen LogP contribution in [0.3, 0.4) is 0 Å². The minimum atomic E-state index is 0.622. The Bertz CT molecular complexity index is 547. The van der Waals surface area contributed by atoms with Crippen LogP contribution >= 0.6 is 15.9 Å². The lowest BCUT2D eigenvalue weighted by Crippen LogP contribution is -2.22. The van der Waals surface area contributed by atoms with Crippen molar-refractivity contribution < 1.29 is 4.74 Å². The van der Waals surface area contributed by atoms with Gasteiger partial charge in [-0.05, 0) is 41.0 Å². The number of nitrogens with two attached hydrogens (primary N) is 1. The van der Waals surface area contributed by atoms with Crippen LogP contribution in [-0.4, -0.2) is 30.2 Å². The van der Waals surface area contributed by atoms with E-state index in [9.17, 15) is 0 Å². The number of nitrogens with zero attached hydrogens (tertiary/aromatic N) is 3. The highest BCUT2D eigenvalue weighted by Gasteiger charge is 2.12. The average molecular weight is 337 g/mol. The van der Waals surface area contributed by atoms with Crippen molar-refractivity contribution in [1.82, 2.24) is 9.97 Å². The Morgan fingerprint density at radius 3 is 2.70 bits per heavy atom. The molecule has 0 fully saturated rings. The van der Waals surface area contributed by atoms with Gasteiger partial charge in [-0.25, -0.2) is 9.97 Å². The van der Waals surface area contributed by atoms with E-state index in [0.717, 1.165) is 28.9 Å². The van der Waals surface area contributed by atoms with Crippen molar-refractivity contribution in [3.8, 4) is 5.75 Å². The van der Waals surface area contributed by atoms with Crippen molar-refractivity contribution >= 4 is 27.6 Å². The van der Waals surface area contributed by atoms with Gasteiger partial charge in [0.15, 0.2) is 0 Å². The van der Waals surface area contributed by atoms with E-state index in [0.29, 0.717) is 12.5 Å². The monoisotopic (exact) mass is 336 g/mol. The van der Waals surface area contributed by atoms with Crippen LogP contribution in [0, 0.1) is 0 Å². The zero-order chi connectivity index (χ0) is 14.4. The minimum Gasteiger partial charge on any atom is -0.497 e. The molecule has 1 heterocycles. The van der Waals surface area contributed by atoms with Crippen molar-refractivity contribution in [3.63, 3.8) is 0 Å². The van der Waals surface area contributed by atoms with E-state index in [-0.39, 0.29) is 0 Å². The quantitative estimate of drug-likeness (QED) is 0.878. The van der Waals surface area contributed by atoms with E-state index in [2.05, 4.69) is 25.9 Å². The second-order valence-electron chi connectivity index (χ2n) is 4.20. The number of aromatic nitrogens is 2. The third-order valence-corrected chi connectivity index (χ3v) is 3.21. The Hall–Kier alpha value is -1.66. The standard InChI is InChI=1S/C14H17BrN4O/c1-20-13-5-2-4-12(8-13)19(7-3-6-16)14-17-9-11(15)10-18-14/h2,4-5,8-10H,3,6-7,16H2,1H3. The summed E-state index contributed by atoms with van der Waals surface area (Å²) in [4.78, 5) is 10.7. The molecular formula is C14H17BrN4O. The summed E-state index contributed by atoms with van der Waals surface area (Å²) >= 11 is 3.34. The van der Waals surface area contributed by atoms with Crippen molar-refractivity contribution in [2.75, 3.05) is 25.1 Å². The van der Waals surface area contributed by atoms with Gasteiger partial charge >= 0.3 is 0 Å². The fraction of sp³-hybridized carbons (Fsp3) is 0.286. The van der Waals surface area contributed by atoms with Crippen molar-refractivity contribution in [2.24, 2.45) is 5.73 Å². The number of halogens is 1. The van der Waals surface area contributed by atoms with Gasteiger partial charge in [-0.2, -0.15) is 0 Å². The zero-order valence-corrected chi connectivity index (χ0v) is 12.9. The first-order valence-corrected chi connectivity index (χ1v) is 7.13. The number of rotatable bonds is 6. The highest BCUT2D eigenvalue weighted by Crippen LogP contribution is 2.26. The summed E-state index contributed by atoms with van der Waals surface area (Å²) in [6.07, 6.45) is 4.33. The molecule has 0 saturated carbocycles. The molecule has 5 nitrogen and oxygen atoms in total. The molecule has 0 aliphatic carbocycles. The van der Waals surface area contributed by atoms with Crippen LogP contribution in [0.15, 0.2) is 41.1 Å². The largest absolute Gasteiger partial charge is 0.497 e. The van der Waals surface area contributed by atoms with Gasteiger partial charge in [0.25, 0.3) is 0 Å². The zero-order valence-electron chi connectivity index (χ0n) is 11.3. The van der Waals surface area contributed by atoms with Gasteiger partial charge in [-0.15, -0.1) is 0 Å². The molecule has 6 heteroatoms. The van der Waals surface area contributed by atoms with E-state index < -0.39 is 0 Å². The van der Waals surface area contributed by atoms with Crippen LogP contribution in [0.4, 0.5) is 11.6 Å². The molecule has 0 aliphatic rings. The number of hydrogen-bond acceptors (Lipinski definition) is 5. The lowest BCUT2D eigenvalue weighted by atomic mass is 10.2. The molecule has 106 valence electrons. The smallest absolute Gasteiger partial charge is 0.229 e. The molecule has 0 aliphatic heterocycles. The van der Waals surface area contributed by atoms with E-state index in [1.54, 1.807) is 19.5 Å². The summed E-state index contributed by atoms with van der Waals surface area (Å²) < 4.78 is 6.12. The van der Waals surface area contributed by atoms with Gasteiger partial charge in [-0.3, -0.25) is 0 Å². The van der Waals surface area contributed by atoms with Crippen LogP contribution in [0.1, 0.15) is 6.42 Å². The molecule has 0 amide bonds. The molecule has 20 heavy (non-hydrogen) atoms. The molecule has 0 bridgehead atoms. The van der Waals surface area contributed by atoms with Gasteiger partial charge in [-0.1, -0.05) is 6.07 Å². The molecule has 1 aromatic carbocycles. The van der Waals surface area contributed by atoms with E-state index in [1.807, 2.05) is 29.2 Å². The molecule has 2 rings (SSSR count). The SMILES string of the molecule is COc1cccc(N(CCCN)c2ncc(Br)cn2)c1. The maximum atomic E-state index is 5.61. The summed E-state index contributed by atoms with van der Waals surface area (Å²) in [5.41, 5.74) is 6.60. The maximum absolute atomic E-state index is 5.61. The topological polar surface area (TPSA) is 64.3 Å². The molecule has 0 radical (unpaired) electrons. The lowest BCUT2D eigenvalue weighted by Gasteiger charge is -2.22. The van der Waals surface area contributed by atoms with Gasteiger partial charge < -0.3 is 15.4 Å². The third kappa shape index (κ3) is 3.68. The maximum Gasteiger partial charge on any atom is 0.229 e. The van der Waals surface area contributed by atoms with Crippen molar-refractivity contribution in [3.05, 3.63) is 41.1 Å². The fourth-order valence-corrected chi connectivity index (χ4v) is 2.02. The predicted octanol–water partition coefficient (Wildman–Crippen LogP) is 2.73. The van der Waals surface area contributed by atoms with E-state index in [1.165, 1.54) is 0 Å². The first kappa shape index (κ1) is 14.7. The van der Waals surface area contributed by atoms with Gasteiger partial charge in [0.05, 0.1) is 11.6 Å². The van der Waals surface area contributed by atoms with E-state index in [4.69, 9.17) is 10.5 Å². The minimum absolute atomic E-state index is 0.622. The number of ether oxygens (including phenoxy) is 1. The summed E-state index contributed by atoms with van der Waals surface area (Å²) in [5, 5.41) is 0. The number of anilines is 2. The first-order valence-electron chi connectivity index (χ1n) is 6.34. The van der Waals surface area contributed by atoms with Crippen LogP contribution in [0.5, 0.6) is 5.75 Å². The normalized spacial score (nSPS) is 10.3. The van der Waals surface area contributed by atoms with E-state index >= 15 is 0 Å². The Balaban J connectivity index is 2.32. The fourth-order valence-electron chi connectivity index (χ4n) is 1.82. The van der Waals surface area contributed by atoms with Crippen LogP contribution in [0.2, 0.25) is 0 Å². The Morgan fingerprint density at radius 2 is 2.05 bits per heavy atom. The van der Waals surface area contributed by atoms with Crippen LogP contribution < -0.4 is 15.4 Å². The Kier molecular flexibility index (Phi) is 5.31. The summed E-state index contributed by atoms with van der Waals surface area (Å²) in [5.74, 6) is 1.45. The second kappa shape index (κ2) is 7.21. The molecule has 1 aromatic heterocycles. The molecule has 0 unspecified atom stereocenters. The van der Waals surface area contributed by atoms with Gasteiger partial charge in [0, 0.05) is 30.7 Å². The van der Waals surface area contributed by atoms with Gasteiger partial charge in [0.2, 0.25) is 5.95 Å². The second-order valence-corrected chi connectivity index (χ2v) is 5.11. The number of hydrogen-bond donors (Lipinski definition) is 1. The number of methoxy groups -OCH3 is 1. The lowest BCUT2D eigenvalue weighted by molar-refractivity contribution is 0.415. The highest BCUT2D eigenvalue weighted by molar-refractivity contribution is 9.10. The van der Waals surface area contributed by atoms with Crippen LogP contribution in [0.25, 0.3) is 0 Å². The van der Waals surface area contributed by atoms with Gasteiger partial charge in [0.1, 0.15) is 5.75 Å². The molecule has 2 N–H and O–H groups in total. The van der Waals surface area contributed by atoms with Crippen molar-refractivity contribution in [2.45, 2.75) is 6.42 Å². The Labute approximate surface area is 126 Å².